The van der Waals surface area contributed by atoms with E-state index in [4.69, 9.17) is 15.5 Å². The maximum absolute atomic E-state index is 5.87. The van der Waals surface area contributed by atoms with Gasteiger partial charge in [-0.2, -0.15) is 0 Å². The number of rotatable bonds is 6. The van der Waals surface area contributed by atoms with Gasteiger partial charge in [0, 0.05) is 24.1 Å². The number of nitrogens with two attached hydrogens (primary N) is 1. The highest BCUT2D eigenvalue weighted by molar-refractivity contribution is 7.10. The van der Waals surface area contributed by atoms with Crippen molar-refractivity contribution >= 4 is 11.3 Å². The number of hydrogen-bond donors (Lipinski definition) is 1. The van der Waals surface area contributed by atoms with Gasteiger partial charge in [-0.05, 0) is 37.3 Å². The minimum atomic E-state index is 0.191. The van der Waals surface area contributed by atoms with Crippen LogP contribution in [0.15, 0.2) is 29.6 Å². The molecule has 4 heteroatoms. The van der Waals surface area contributed by atoms with E-state index in [-0.39, 0.29) is 6.10 Å². The second-order valence-electron chi connectivity index (χ2n) is 5.19. The molecule has 106 valence electrons. The van der Waals surface area contributed by atoms with E-state index in [1.807, 2.05) is 12.1 Å². The topological polar surface area (TPSA) is 48.1 Å². The Morgan fingerprint density at radius 2 is 2.30 bits per heavy atom. The van der Waals surface area contributed by atoms with Gasteiger partial charge in [-0.15, -0.1) is 11.3 Å². The van der Waals surface area contributed by atoms with E-state index in [1.165, 1.54) is 12.8 Å². The van der Waals surface area contributed by atoms with Gasteiger partial charge in [0.2, 0.25) is 0 Å². The molecule has 1 aliphatic carbocycles. The van der Waals surface area contributed by atoms with Gasteiger partial charge >= 0.3 is 0 Å². The summed E-state index contributed by atoms with van der Waals surface area (Å²) in [7, 11) is 0. The molecule has 1 fully saturated rings. The molecular weight excluding hydrogens is 268 g/mol. The summed E-state index contributed by atoms with van der Waals surface area (Å²) in [6.45, 7) is 3.36. The molecule has 0 amide bonds. The van der Waals surface area contributed by atoms with Gasteiger partial charge in [0.15, 0.2) is 0 Å². The van der Waals surface area contributed by atoms with Gasteiger partial charge in [0.1, 0.15) is 11.1 Å². The summed E-state index contributed by atoms with van der Waals surface area (Å²) in [6, 6.07) is 8.29. The zero-order chi connectivity index (χ0) is 13.9. The van der Waals surface area contributed by atoms with E-state index in [1.54, 1.807) is 11.3 Å². The Morgan fingerprint density at radius 1 is 1.45 bits per heavy atom. The average Bonchev–Trinajstić information content (AvgIpc) is 3.21. The van der Waals surface area contributed by atoms with Gasteiger partial charge < -0.3 is 10.5 Å². The summed E-state index contributed by atoms with van der Waals surface area (Å²) in [4.78, 5) is 4.79. The van der Waals surface area contributed by atoms with E-state index < -0.39 is 0 Å². The first-order chi connectivity index (χ1) is 9.81. The zero-order valence-electron chi connectivity index (χ0n) is 11.7. The van der Waals surface area contributed by atoms with Crippen LogP contribution in [0.3, 0.4) is 0 Å². The van der Waals surface area contributed by atoms with Crippen LogP contribution in [-0.4, -0.2) is 11.6 Å². The molecule has 1 heterocycles. The van der Waals surface area contributed by atoms with Crippen molar-refractivity contribution in [3.05, 3.63) is 40.2 Å². The molecule has 0 bridgehead atoms. The molecule has 3 nitrogen and oxygen atoms in total. The van der Waals surface area contributed by atoms with Crippen molar-refractivity contribution in [2.24, 2.45) is 11.7 Å². The molecule has 1 aromatic heterocycles. The van der Waals surface area contributed by atoms with Crippen molar-refractivity contribution in [1.29, 1.82) is 0 Å². The third-order valence-corrected chi connectivity index (χ3v) is 4.53. The van der Waals surface area contributed by atoms with E-state index in [2.05, 4.69) is 24.4 Å². The van der Waals surface area contributed by atoms with Crippen molar-refractivity contribution in [1.82, 2.24) is 4.98 Å². The lowest BCUT2D eigenvalue weighted by Crippen LogP contribution is -2.06. The normalized spacial score (nSPS) is 16.3. The van der Waals surface area contributed by atoms with Gasteiger partial charge in [-0.3, -0.25) is 0 Å². The van der Waals surface area contributed by atoms with Crippen molar-refractivity contribution in [3.8, 4) is 11.3 Å². The van der Waals surface area contributed by atoms with Gasteiger partial charge in [0.25, 0.3) is 0 Å². The van der Waals surface area contributed by atoms with Crippen LogP contribution in [0.2, 0.25) is 0 Å². The Kier molecular flexibility index (Phi) is 4.15. The fourth-order valence-electron chi connectivity index (χ4n) is 2.40. The summed E-state index contributed by atoms with van der Waals surface area (Å²) >= 11 is 1.71. The predicted octanol–water partition coefficient (Wildman–Crippen LogP) is 3.76. The minimum Gasteiger partial charge on any atom is -0.371 e. The number of thiazole rings is 1. The van der Waals surface area contributed by atoms with Crippen LogP contribution in [-0.2, 0) is 11.3 Å². The molecule has 0 radical (unpaired) electrons. The lowest BCUT2D eigenvalue weighted by atomic mass is 10.1. The lowest BCUT2D eigenvalue weighted by molar-refractivity contribution is 0.0462. The minimum absolute atomic E-state index is 0.191. The largest absolute Gasteiger partial charge is 0.371 e. The number of hydrogen-bond acceptors (Lipinski definition) is 4. The SMILES string of the molecule is CCOC(c1nc(-c2cccc(CN)c2)cs1)C1CC1. The van der Waals surface area contributed by atoms with Crippen LogP contribution in [0.1, 0.15) is 36.4 Å². The summed E-state index contributed by atoms with van der Waals surface area (Å²) in [5.41, 5.74) is 9.01. The molecule has 1 atom stereocenters. The quantitative estimate of drug-likeness (QED) is 0.880. The van der Waals surface area contributed by atoms with E-state index in [0.29, 0.717) is 12.5 Å². The Bertz CT molecular complexity index is 577. The molecule has 1 aromatic carbocycles. The van der Waals surface area contributed by atoms with Gasteiger partial charge in [-0.25, -0.2) is 4.98 Å². The van der Waals surface area contributed by atoms with Crippen LogP contribution in [0.4, 0.5) is 0 Å². The third-order valence-electron chi connectivity index (χ3n) is 3.62. The van der Waals surface area contributed by atoms with E-state index in [0.717, 1.165) is 28.4 Å². The summed E-state index contributed by atoms with van der Waals surface area (Å²) in [5.74, 6) is 0.671. The Morgan fingerprint density at radius 3 is 3.00 bits per heavy atom. The highest BCUT2D eigenvalue weighted by atomic mass is 32.1. The molecule has 2 N–H and O–H groups in total. The van der Waals surface area contributed by atoms with Crippen molar-refractivity contribution in [2.45, 2.75) is 32.4 Å². The van der Waals surface area contributed by atoms with Crippen LogP contribution in [0, 0.1) is 5.92 Å². The second kappa shape index (κ2) is 6.04. The van der Waals surface area contributed by atoms with Crippen molar-refractivity contribution in [2.75, 3.05) is 6.61 Å². The monoisotopic (exact) mass is 288 g/mol. The van der Waals surface area contributed by atoms with Crippen LogP contribution in [0.5, 0.6) is 0 Å². The van der Waals surface area contributed by atoms with Crippen LogP contribution in [0.25, 0.3) is 11.3 Å². The Hall–Kier alpha value is -1.23. The molecule has 1 aliphatic rings. The molecule has 0 spiro atoms. The van der Waals surface area contributed by atoms with Gasteiger partial charge in [-0.1, -0.05) is 18.2 Å². The molecule has 20 heavy (non-hydrogen) atoms. The number of nitrogens with zero attached hydrogens (tertiary/aromatic N) is 1. The maximum Gasteiger partial charge on any atom is 0.122 e. The molecule has 0 saturated heterocycles. The number of ether oxygens (including phenoxy) is 1. The smallest absolute Gasteiger partial charge is 0.122 e. The molecular formula is C16H20N2OS. The van der Waals surface area contributed by atoms with E-state index >= 15 is 0 Å². The molecule has 3 rings (SSSR count). The van der Waals surface area contributed by atoms with E-state index in [9.17, 15) is 0 Å². The standard InChI is InChI=1S/C16H20N2OS/c1-2-19-15(12-6-7-12)16-18-14(10-20-16)13-5-3-4-11(8-13)9-17/h3-5,8,10,12,15H,2,6-7,9,17H2,1H3. The summed E-state index contributed by atoms with van der Waals surface area (Å²) < 4.78 is 5.87. The predicted molar refractivity (Wildman–Crippen MR) is 82.5 cm³/mol. The summed E-state index contributed by atoms with van der Waals surface area (Å²) in [5, 5.41) is 3.24. The van der Waals surface area contributed by atoms with Crippen LogP contribution >= 0.6 is 11.3 Å². The Balaban J connectivity index is 1.84. The fourth-order valence-corrected chi connectivity index (χ4v) is 3.36. The molecule has 2 aromatic rings. The van der Waals surface area contributed by atoms with Crippen molar-refractivity contribution < 1.29 is 4.74 Å². The highest BCUT2D eigenvalue weighted by Gasteiger charge is 2.34. The summed E-state index contributed by atoms with van der Waals surface area (Å²) in [6.07, 6.45) is 2.72. The third kappa shape index (κ3) is 2.92. The number of aromatic nitrogens is 1. The first kappa shape index (κ1) is 13.7. The number of benzene rings is 1. The maximum atomic E-state index is 5.87. The first-order valence-corrected chi connectivity index (χ1v) is 8.06. The van der Waals surface area contributed by atoms with Crippen LogP contribution < -0.4 is 5.73 Å². The molecule has 1 unspecified atom stereocenters. The second-order valence-corrected chi connectivity index (χ2v) is 6.08. The Labute approximate surface area is 123 Å². The molecule has 0 aliphatic heterocycles. The fraction of sp³-hybridized carbons (Fsp3) is 0.438. The first-order valence-electron chi connectivity index (χ1n) is 7.18. The van der Waals surface area contributed by atoms with Crippen molar-refractivity contribution in [3.63, 3.8) is 0 Å². The zero-order valence-corrected chi connectivity index (χ0v) is 12.5. The average molecular weight is 288 g/mol. The van der Waals surface area contributed by atoms with Gasteiger partial charge in [0.05, 0.1) is 5.69 Å². The molecule has 1 saturated carbocycles. The highest BCUT2D eigenvalue weighted by Crippen LogP contribution is 2.44. The lowest BCUT2D eigenvalue weighted by Gasteiger charge is -2.12.